The molecule has 0 aliphatic heterocycles. The van der Waals surface area contributed by atoms with Crippen LogP contribution in [0, 0.1) is 16.2 Å². The van der Waals surface area contributed by atoms with Crippen LogP contribution in [-0.4, -0.2) is 5.11 Å². The standard InChI is InChI=1S/C20H25NO2.C5H12/c1-19(2,3)13-14-20(4,16-7-11-18(22)12-8-16)15-5-9-17(21-23)10-6-15;1-4-5(2)3/h5-12,22H,13-14H2,1-4H3;5H,4H2,1-3H3/t20-;/m1./s1. The smallest absolute Gasteiger partial charge is 0.115 e. The quantitative estimate of drug-likeness (QED) is 0.514. The molecule has 154 valence electrons. The Hall–Kier alpha value is -2.16. The average Bonchev–Trinajstić information content (AvgIpc) is 2.66. The Kier molecular flexibility index (Phi) is 8.87. The predicted octanol–water partition coefficient (Wildman–Crippen LogP) is 7.97. The molecule has 0 aliphatic carbocycles. The van der Waals surface area contributed by atoms with Gasteiger partial charge in [0.2, 0.25) is 0 Å². The van der Waals surface area contributed by atoms with Crippen LogP contribution < -0.4 is 0 Å². The molecule has 0 aliphatic rings. The van der Waals surface area contributed by atoms with E-state index in [1.165, 1.54) is 6.42 Å². The molecule has 3 heteroatoms. The van der Waals surface area contributed by atoms with Crippen molar-refractivity contribution >= 4 is 5.69 Å². The summed E-state index contributed by atoms with van der Waals surface area (Å²) in [6.07, 6.45) is 3.35. The van der Waals surface area contributed by atoms with Gasteiger partial charge in [-0.25, -0.2) is 0 Å². The summed E-state index contributed by atoms with van der Waals surface area (Å²) in [5, 5.41) is 12.6. The molecule has 3 nitrogen and oxygen atoms in total. The minimum Gasteiger partial charge on any atom is -0.508 e. The summed E-state index contributed by atoms with van der Waals surface area (Å²) in [7, 11) is 0. The van der Waals surface area contributed by atoms with E-state index in [-0.39, 0.29) is 16.6 Å². The van der Waals surface area contributed by atoms with Gasteiger partial charge in [-0.15, -0.1) is 4.91 Å². The SMILES string of the molecule is CC(C)(C)CC[C@@](C)(c1ccc(O)cc1)c1ccc(N=O)cc1.CCC(C)C. The molecule has 28 heavy (non-hydrogen) atoms. The molecule has 0 bridgehead atoms. The van der Waals surface area contributed by atoms with E-state index in [0.29, 0.717) is 5.69 Å². The first-order chi connectivity index (χ1) is 13.0. The van der Waals surface area contributed by atoms with Gasteiger partial charge in [-0.3, -0.25) is 0 Å². The molecule has 1 atom stereocenters. The van der Waals surface area contributed by atoms with Gasteiger partial charge >= 0.3 is 0 Å². The first-order valence-corrected chi connectivity index (χ1v) is 10.2. The fourth-order valence-corrected chi connectivity index (χ4v) is 2.80. The lowest BCUT2D eigenvalue weighted by atomic mass is 9.70. The third-order valence-electron chi connectivity index (χ3n) is 5.31. The van der Waals surface area contributed by atoms with Crippen molar-refractivity contribution < 1.29 is 5.11 Å². The van der Waals surface area contributed by atoms with Gasteiger partial charge in [-0.2, -0.15) is 0 Å². The molecular weight excluding hydrogens is 346 g/mol. The van der Waals surface area contributed by atoms with Crippen LogP contribution in [-0.2, 0) is 5.41 Å². The Morgan fingerprint density at radius 1 is 0.857 bits per heavy atom. The molecule has 0 radical (unpaired) electrons. The Morgan fingerprint density at radius 2 is 1.29 bits per heavy atom. The second-order valence-corrected chi connectivity index (χ2v) is 9.38. The highest BCUT2D eigenvalue weighted by Crippen LogP contribution is 2.40. The maximum atomic E-state index is 10.7. The van der Waals surface area contributed by atoms with Crippen molar-refractivity contribution in [3.8, 4) is 5.75 Å². The number of nitroso groups, excluding NO2 is 1. The summed E-state index contributed by atoms with van der Waals surface area (Å²) >= 11 is 0. The third-order valence-corrected chi connectivity index (χ3v) is 5.31. The van der Waals surface area contributed by atoms with E-state index in [2.05, 4.69) is 53.6 Å². The normalized spacial score (nSPS) is 13.4. The average molecular weight is 384 g/mol. The Bertz CT molecular complexity index is 712. The van der Waals surface area contributed by atoms with Gasteiger partial charge in [0.15, 0.2) is 0 Å². The van der Waals surface area contributed by atoms with E-state index in [1.807, 2.05) is 24.3 Å². The number of hydrogen-bond donors (Lipinski definition) is 1. The molecule has 1 N–H and O–H groups in total. The zero-order valence-corrected chi connectivity index (χ0v) is 18.6. The summed E-state index contributed by atoms with van der Waals surface area (Å²) in [5.41, 5.74) is 2.81. The number of nitrogens with zero attached hydrogens (tertiary/aromatic N) is 1. The number of aromatic hydroxyl groups is 1. The van der Waals surface area contributed by atoms with Crippen LogP contribution in [0.15, 0.2) is 53.7 Å². The van der Waals surface area contributed by atoms with E-state index >= 15 is 0 Å². The van der Waals surface area contributed by atoms with Crippen LogP contribution in [0.25, 0.3) is 0 Å². The van der Waals surface area contributed by atoms with Crippen LogP contribution in [0.4, 0.5) is 5.69 Å². The van der Waals surface area contributed by atoms with Gasteiger partial charge in [-0.05, 0) is 64.7 Å². The van der Waals surface area contributed by atoms with Gasteiger partial charge in [-0.1, -0.05) is 79.2 Å². The molecule has 0 spiro atoms. The minimum absolute atomic E-state index is 0.178. The highest BCUT2D eigenvalue weighted by Gasteiger charge is 2.30. The number of phenolic OH excluding ortho intramolecular Hbond substituents is 1. The molecule has 0 amide bonds. The Balaban J connectivity index is 0.000000696. The molecule has 0 saturated carbocycles. The molecule has 2 aromatic rings. The predicted molar refractivity (Wildman–Crippen MR) is 120 cm³/mol. The first kappa shape index (κ1) is 23.9. The molecule has 0 heterocycles. The molecule has 0 unspecified atom stereocenters. The highest BCUT2D eigenvalue weighted by molar-refractivity contribution is 5.45. The second kappa shape index (κ2) is 10.4. The zero-order valence-electron chi connectivity index (χ0n) is 18.6. The van der Waals surface area contributed by atoms with Crippen LogP contribution in [0.2, 0.25) is 0 Å². The molecule has 0 saturated heterocycles. The van der Waals surface area contributed by atoms with E-state index < -0.39 is 0 Å². The van der Waals surface area contributed by atoms with Gasteiger partial charge in [0, 0.05) is 5.41 Å². The van der Waals surface area contributed by atoms with Crippen LogP contribution >= 0.6 is 0 Å². The van der Waals surface area contributed by atoms with Crippen LogP contribution in [0.1, 0.15) is 78.9 Å². The van der Waals surface area contributed by atoms with Crippen molar-refractivity contribution in [2.45, 2.75) is 73.1 Å². The van der Waals surface area contributed by atoms with E-state index in [4.69, 9.17) is 0 Å². The van der Waals surface area contributed by atoms with Crippen LogP contribution in [0.3, 0.4) is 0 Å². The van der Waals surface area contributed by atoms with Crippen molar-refractivity contribution in [2.75, 3.05) is 0 Å². The number of hydrogen-bond acceptors (Lipinski definition) is 3. The lowest BCUT2D eigenvalue weighted by Gasteiger charge is -2.34. The van der Waals surface area contributed by atoms with E-state index in [1.54, 1.807) is 24.3 Å². The van der Waals surface area contributed by atoms with Gasteiger partial charge < -0.3 is 5.11 Å². The molecule has 0 aromatic heterocycles. The summed E-state index contributed by atoms with van der Waals surface area (Å²) in [5.74, 6) is 1.16. The van der Waals surface area contributed by atoms with E-state index in [9.17, 15) is 10.0 Å². The van der Waals surface area contributed by atoms with Crippen molar-refractivity contribution in [3.05, 3.63) is 64.6 Å². The summed E-state index contributed by atoms with van der Waals surface area (Å²) in [6.45, 7) is 15.6. The summed E-state index contributed by atoms with van der Waals surface area (Å²) in [6, 6.07) is 14.9. The maximum absolute atomic E-state index is 10.7. The Labute approximate surface area is 171 Å². The molecule has 0 fully saturated rings. The van der Waals surface area contributed by atoms with Crippen LogP contribution in [0.5, 0.6) is 5.75 Å². The zero-order chi connectivity index (χ0) is 21.4. The molecule has 2 aromatic carbocycles. The van der Waals surface area contributed by atoms with Gasteiger partial charge in [0.1, 0.15) is 11.4 Å². The number of phenols is 1. The van der Waals surface area contributed by atoms with Gasteiger partial charge in [0.05, 0.1) is 0 Å². The molecule has 2 rings (SSSR count). The summed E-state index contributed by atoms with van der Waals surface area (Å²) in [4.78, 5) is 10.7. The maximum Gasteiger partial charge on any atom is 0.115 e. The highest BCUT2D eigenvalue weighted by atomic mass is 16.3. The van der Waals surface area contributed by atoms with Crippen molar-refractivity contribution in [1.82, 2.24) is 0 Å². The van der Waals surface area contributed by atoms with Crippen molar-refractivity contribution in [2.24, 2.45) is 16.5 Å². The largest absolute Gasteiger partial charge is 0.508 e. The number of rotatable bonds is 6. The summed E-state index contributed by atoms with van der Waals surface area (Å²) < 4.78 is 0. The molecular formula is C25H37NO2. The lowest BCUT2D eigenvalue weighted by Crippen LogP contribution is -2.25. The Morgan fingerprint density at radius 3 is 1.64 bits per heavy atom. The van der Waals surface area contributed by atoms with E-state index in [0.717, 1.165) is 29.9 Å². The second-order valence-electron chi connectivity index (χ2n) is 9.38. The topological polar surface area (TPSA) is 49.7 Å². The third kappa shape index (κ3) is 7.46. The fraction of sp³-hybridized carbons (Fsp3) is 0.520. The monoisotopic (exact) mass is 383 g/mol. The number of benzene rings is 2. The lowest BCUT2D eigenvalue weighted by molar-refractivity contribution is 0.325. The van der Waals surface area contributed by atoms with Crippen molar-refractivity contribution in [1.29, 1.82) is 0 Å². The fourth-order valence-electron chi connectivity index (χ4n) is 2.80. The minimum atomic E-state index is -0.178. The first-order valence-electron chi connectivity index (χ1n) is 10.2. The van der Waals surface area contributed by atoms with Crippen molar-refractivity contribution in [3.63, 3.8) is 0 Å². The van der Waals surface area contributed by atoms with Gasteiger partial charge in [0.25, 0.3) is 0 Å².